The van der Waals surface area contributed by atoms with E-state index in [0.717, 1.165) is 12.8 Å². The number of alkyl halides is 3. The zero-order valence-corrected chi connectivity index (χ0v) is 15.7. The number of hydrogen-bond acceptors (Lipinski definition) is 4. The van der Waals surface area contributed by atoms with Crippen molar-refractivity contribution in [1.82, 2.24) is 14.9 Å². The molecule has 26 heavy (non-hydrogen) atoms. The number of halogens is 4. The number of amides is 1. The number of piperidine rings is 1. The summed E-state index contributed by atoms with van der Waals surface area (Å²) < 4.78 is 63.0. The molecule has 1 aliphatic rings. The molecule has 1 aromatic carbocycles. The average Bonchev–Trinajstić information content (AvgIpc) is 2.59. The van der Waals surface area contributed by atoms with E-state index in [1.165, 1.54) is 28.6 Å². The molecule has 0 spiro atoms. The Morgan fingerprint density at radius 2 is 1.88 bits per heavy atom. The summed E-state index contributed by atoms with van der Waals surface area (Å²) >= 11 is 0. The average molecular weight is 416 g/mol. The van der Waals surface area contributed by atoms with Crippen molar-refractivity contribution in [2.75, 3.05) is 26.7 Å². The van der Waals surface area contributed by atoms with Crippen molar-refractivity contribution in [1.29, 1.82) is 0 Å². The largest absolute Gasteiger partial charge is 0.405 e. The van der Waals surface area contributed by atoms with Gasteiger partial charge in [-0.2, -0.15) is 17.5 Å². The van der Waals surface area contributed by atoms with Gasteiger partial charge in [-0.25, -0.2) is 8.42 Å². The van der Waals surface area contributed by atoms with Gasteiger partial charge in [-0.05, 0) is 44.2 Å². The van der Waals surface area contributed by atoms with Crippen LogP contribution >= 0.6 is 12.4 Å². The first kappa shape index (κ1) is 22.7. The third-order valence-corrected chi connectivity index (χ3v) is 5.88. The van der Waals surface area contributed by atoms with Crippen molar-refractivity contribution in [3.05, 3.63) is 29.8 Å². The van der Waals surface area contributed by atoms with E-state index in [0.29, 0.717) is 13.1 Å². The molecular formula is C15H21ClF3N3O3S. The SMILES string of the molecule is CNC1CCCN(S(=O)(=O)c2ccc(C(=O)NCC(F)(F)F)cc2)C1.Cl. The van der Waals surface area contributed by atoms with E-state index in [9.17, 15) is 26.4 Å². The lowest BCUT2D eigenvalue weighted by Crippen LogP contribution is -2.46. The van der Waals surface area contributed by atoms with Crippen LogP contribution in [0.4, 0.5) is 13.2 Å². The lowest BCUT2D eigenvalue weighted by atomic mass is 10.1. The summed E-state index contributed by atoms with van der Waals surface area (Å²) in [6.45, 7) is -0.675. The normalized spacial score (nSPS) is 18.8. The van der Waals surface area contributed by atoms with E-state index in [1.54, 1.807) is 12.4 Å². The quantitative estimate of drug-likeness (QED) is 0.768. The summed E-state index contributed by atoms with van der Waals surface area (Å²) in [4.78, 5) is 11.7. The molecule has 1 heterocycles. The minimum Gasteiger partial charge on any atom is -0.343 e. The van der Waals surface area contributed by atoms with Gasteiger partial charge in [0.05, 0.1) is 4.90 Å². The summed E-state index contributed by atoms with van der Waals surface area (Å²) in [6, 6.07) is 4.97. The molecule has 0 bridgehead atoms. The molecule has 0 aromatic heterocycles. The Morgan fingerprint density at radius 3 is 2.42 bits per heavy atom. The van der Waals surface area contributed by atoms with E-state index in [-0.39, 0.29) is 28.9 Å². The second kappa shape index (κ2) is 9.03. The topological polar surface area (TPSA) is 78.5 Å². The number of carbonyl (C=O) groups is 1. The zero-order valence-electron chi connectivity index (χ0n) is 14.0. The predicted octanol–water partition coefficient (Wildman–Crippen LogP) is 1.77. The van der Waals surface area contributed by atoms with Gasteiger partial charge in [-0.1, -0.05) is 0 Å². The van der Waals surface area contributed by atoms with E-state index >= 15 is 0 Å². The Labute approximate surface area is 156 Å². The maximum Gasteiger partial charge on any atom is 0.405 e. The van der Waals surface area contributed by atoms with Gasteiger partial charge >= 0.3 is 6.18 Å². The highest BCUT2D eigenvalue weighted by Crippen LogP contribution is 2.21. The fourth-order valence-corrected chi connectivity index (χ4v) is 4.13. The van der Waals surface area contributed by atoms with Crippen molar-refractivity contribution in [2.45, 2.75) is 30.0 Å². The van der Waals surface area contributed by atoms with Gasteiger partial charge in [-0.3, -0.25) is 4.79 Å². The third kappa shape index (κ3) is 5.83. The fourth-order valence-electron chi connectivity index (χ4n) is 2.61. The van der Waals surface area contributed by atoms with Crippen LogP contribution in [0.1, 0.15) is 23.2 Å². The molecule has 1 unspecified atom stereocenters. The molecule has 0 radical (unpaired) electrons. The standard InChI is InChI=1S/C15H20F3N3O3S.ClH/c1-19-12-3-2-8-21(9-12)25(23,24)13-6-4-11(5-7-13)14(22)20-10-15(16,17)18;/h4-7,12,19H,2-3,8-10H2,1H3,(H,20,22);1H. The molecule has 11 heteroatoms. The molecule has 1 aromatic rings. The Kier molecular flexibility index (Phi) is 7.87. The van der Waals surface area contributed by atoms with Crippen LogP contribution in [0, 0.1) is 0 Å². The van der Waals surface area contributed by atoms with Gasteiger partial charge in [0.25, 0.3) is 5.91 Å². The lowest BCUT2D eigenvalue weighted by molar-refractivity contribution is -0.123. The van der Waals surface area contributed by atoms with Crippen molar-refractivity contribution >= 4 is 28.3 Å². The van der Waals surface area contributed by atoms with Crippen molar-refractivity contribution in [3.8, 4) is 0 Å². The monoisotopic (exact) mass is 415 g/mol. The Bertz CT molecular complexity index is 711. The first-order valence-electron chi connectivity index (χ1n) is 7.76. The van der Waals surface area contributed by atoms with Crippen LogP contribution in [0.25, 0.3) is 0 Å². The minimum atomic E-state index is -4.50. The number of benzene rings is 1. The third-order valence-electron chi connectivity index (χ3n) is 4.00. The summed E-state index contributed by atoms with van der Waals surface area (Å²) in [5.74, 6) is -0.908. The molecule has 1 saturated heterocycles. The highest BCUT2D eigenvalue weighted by molar-refractivity contribution is 7.89. The Hall–Kier alpha value is -1.36. The van der Waals surface area contributed by atoms with Crippen molar-refractivity contribution in [2.24, 2.45) is 0 Å². The molecule has 2 rings (SSSR count). The number of hydrogen-bond donors (Lipinski definition) is 2. The van der Waals surface area contributed by atoms with Crippen LogP contribution in [-0.2, 0) is 10.0 Å². The molecule has 6 nitrogen and oxygen atoms in total. The van der Waals surface area contributed by atoms with Crippen molar-refractivity contribution < 1.29 is 26.4 Å². The molecule has 1 amide bonds. The van der Waals surface area contributed by atoms with Crippen LogP contribution in [0.15, 0.2) is 29.2 Å². The van der Waals surface area contributed by atoms with Crippen LogP contribution in [0.2, 0.25) is 0 Å². The first-order chi connectivity index (χ1) is 11.6. The fraction of sp³-hybridized carbons (Fsp3) is 0.533. The van der Waals surface area contributed by atoms with E-state index in [2.05, 4.69) is 5.32 Å². The number of nitrogens with one attached hydrogen (secondary N) is 2. The molecule has 2 N–H and O–H groups in total. The molecule has 1 fully saturated rings. The second-order valence-corrected chi connectivity index (χ2v) is 7.75. The first-order valence-corrected chi connectivity index (χ1v) is 9.20. The molecule has 0 aliphatic carbocycles. The lowest BCUT2D eigenvalue weighted by Gasteiger charge is -2.31. The van der Waals surface area contributed by atoms with Gasteiger partial charge in [0.2, 0.25) is 10.0 Å². The summed E-state index contributed by atoms with van der Waals surface area (Å²) in [5.41, 5.74) is -0.0325. The van der Waals surface area contributed by atoms with Gasteiger partial charge in [0, 0.05) is 24.7 Å². The van der Waals surface area contributed by atoms with Gasteiger partial charge in [-0.15, -0.1) is 12.4 Å². The Balaban J connectivity index is 0.00000338. The maximum atomic E-state index is 12.6. The summed E-state index contributed by atoms with van der Waals surface area (Å²) in [6.07, 6.45) is -2.87. The van der Waals surface area contributed by atoms with Crippen LogP contribution in [0.5, 0.6) is 0 Å². The van der Waals surface area contributed by atoms with Gasteiger partial charge in [0.15, 0.2) is 0 Å². The van der Waals surface area contributed by atoms with Gasteiger partial charge in [0.1, 0.15) is 6.54 Å². The van der Waals surface area contributed by atoms with E-state index in [4.69, 9.17) is 0 Å². The highest BCUT2D eigenvalue weighted by Gasteiger charge is 2.30. The number of rotatable bonds is 5. The zero-order chi connectivity index (χ0) is 18.7. The Morgan fingerprint density at radius 1 is 1.27 bits per heavy atom. The predicted molar refractivity (Wildman–Crippen MR) is 92.9 cm³/mol. The maximum absolute atomic E-state index is 12.6. The van der Waals surface area contributed by atoms with Gasteiger partial charge < -0.3 is 10.6 Å². The molecule has 148 valence electrons. The summed E-state index contributed by atoms with van der Waals surface area (Å²) in [7, 11) is -1.93. The van der Waals surface area contributed by atoms with E-state index in [1.807, 2.05) is 0 Å². The molecular weight excluding hydrogens is 395 g/mol. The number of nitrogens with zero attached hydrogens (tertiary/aromatic N) is 1. The van der Waals surface area contributed by atoms with Crippen LogP contribution in [-0.4, -0.2) is 57.5 Å². The van der Waals surface area contributed by atoms with Crippen molar-refractivity contribution in [3.63, 3.8) is 0 Å². The van der Waals surface area contributed by atoms with Crippen LogP contribution in [0.3, 0.4) is 0 Å². The number of likely N-dealkylation sites (N-methyl/N-ethyl adjacent to an activating group) is 1. The van der Waals surface area contributed by atoms with E-state index < -0.39 is 28.7 Å². The molecule has 0 saturated carbocycles. The number of carbonyl (C=O) groups excluding carboxylic acids is 1. The second-order valence-electron chi connectivity index (χ2n) is 5.81. The van der Waals surface area contributed by atoms with Crippen LogP contribution < -0.4 is 10.6 Å². The molecule has 1 atom stereocenters. The highest BCUT2D eigenvalue weighted by atomic mass is 35.5. The molecule has 1 aliphatic heterocycles. The number of sulfonamides is 1. The smallest absolute Gasteiger partial charge is 0.343 e. The summed E-state index contributed by atoms with van der Waals surface area (Å²) in [5, 5.41) is 4.80. The minimum absolute atomic E-state index is 0.